The Bertz CT molecular complexity index is 738. The molecule has 2 aromatic rings. The molecule has 1 aromatic carbocycles. The van der Waals surface area contributed by atoms with E-state index in [1.54, 1.807) is 6.07 Å². The van der Waals surface area contributed by atoms with E-state index in [1.165, 1.54) is 0 Å². The van der Waals surface area contributed by atoms with Gasteiger partial charge in [-0.15, -0.1) is 5.10 Å². The third-order valence-corrected chi connectivity index (χ3v) is 3.66. The topological polar surface area (TPSA) is 99.8 Å². The van der Waals surface area contributed by atoms with Crippen LogP contribution in [0.3, 0.4) is 0 Å². The van der Waals surface area contributed by atoms with E-state index < -0.39 is 0 Å². The van der Waals surface area contributed by atoms with Gasteiger partial charge in [-0.3, -0.25) is 20.0 Å². The van der Waals surface area contributed by atoms with Crippen molar-refractivity contribution in [3.05, 3.63) is 41.2 Å². The quantitative estimate of drug-likeness (QED) is 0.784. The number of benzene rings is 1. The Morgan fingerprint density at radius 2 is 2.13 bits per heavy atom. The molecule has 120 valence electrons. The molecule has 0 spiro atoms. The van der Waals surface area contributed by atoms with E-state index in [2.05, 4.69) is 39.7 Å². The fraction of sp³-hybridized carbons (Fsp3) is 0.375. The number of carbonyl (C=O) groups excluding carboxylic acids is 2. The number of anilines is 1. The van der Waals surface area contributed by atoms with Crippen molar-refractivity contribution < 1.29 is 9.59 Å². The van der Waals surface area contributed by atoms with E-state index in [0.29, 0.717) is 11.5 Å². The molecule has 1 aromatic heterocycles. The van der Waals surface area contributed by atoms with Gasteiger partial charge in [0.2, 0.25) is 11.9 Å². The molecule has 0 unspecified atom stereocenters. The predicted octanol–water partition coefficient (Wildman–Crippen LogP) is 1.82. The zero-order valence-corrected chi connectivity index (χ0v) is 13.1. The molecule has 23 heavy (non-hydrogen) atoms. The van der Waals surface area contributed by atoms with Gasteiger partial charge in [0, 0.05) is 12.0 Å². The molecule has 7 nitrogen and oxygen atoms in total. The van der Waals surface area contributed by atoms with E-state index in [9.17, 15) is 9.59 Å². The first-order valence-electron chi connectivity index (χ1n) is 7.64. The molecular weight excluding hydrogens is 294 g/mol. The van der Waals surface area contributed by atoms with Crippen LogP contribution >= 0.6 is 0 Å². The van der Waals surface area contributed by atoms with Crippen molar-refractivity contribution in [3.63, 3.8) is 0 Å². The highest BCUT2D eigenvalue weighted by Crippen LogP contribution is 2.27. The molecule has 0 bridgehead atoms. The van der Waals surface area contributed by atoms with Gasteiger partial charge >= 0.3 is 0 Å². The second kappa shape index (κ2) is 6.20. The minimum Gasteiger partial charge on any atom is -0.345 e. The summed E-state index contributed by atoms with van der Waals surface area (Å²) in [6.07, 6.45) is 0.922. The lowest BCUT2D eigenvalue weighted by Crippen LogP contribution is -2.24. The van der Waals surface area contributed by atoms with Gasteiger partial charge < -0.3 is 5.32 Å². The van der Waals surface area contributed by atoms with Gasteiger partial charge in [0.1, 0.15) is 5.82 Å². The minimum absolute atomic E-state index is 0.143. The number of amides is 2. The molecule has 3 N–H and O–H groups in total. The summed E-state index contributed by atoms with van der Waals surface area (Å²) >= 11 is 0. The van der Waals surface area contributed by atoms with Gasteiger partial charge in [-0.25, -0.2) is 0 Å². The summed E-state index contributed by atoms with van der Waals surface area (Å²) in [7, 11) is 0. The van der Waals surface area contributed by atoms with Crippen LogP contribution in [0.5, 0.6) is 0 Å². The zero-order chi connectivity index (χ0) is 16.4. The number of aromatic amines is 1. The third kappa shape index (κ3) is 3.39. The van der Waals surface area contributed by atoms with E-state index in [1.807, 2.05) is 18.2 Å². The van der Waals surface area contributed by atoms with Crippen LogP contribution in [0.4, 0.5) is 5.95 Å². The maximum Gasteiger partial charge on any atom is 0.252 e. The Balaban J connectivity index is 1.62. The number of aromatic nitrogens is 3. The first kappa shape index (κ1) is 15.2. The van der Waals surface area contributed by atoms with E-state index in [-0.39, 0.29) is 30.2 Å². The molecule has 1 aliphatic heterocycles. The summed E-state index contributed by atoms with van der Waals surface area (Å²) in [5.41, 5.74) is 1.48. The number of rotatable bonds is 5. The van der Waals surface area contributed by atoms with Crippen LogP contribution in [-0.2, 0) is 11.2 Å². The number of nitrogens with zero attached hydrogens (tertiary/aromatic N) is 2. The second-order valence-corrected chi connectivity index (χ2v) is 6.07. The normalized spacial score (nSPS) is 16.3. The number of nitrogens with one attached hydrogen (secondary N) is 3. The average molecular weight is 313 g/mol. The number of hydrogen-bond acceptors (Lipinski definition) is 4. The van der Waals surface area contributed by atoms with E-state index in [0.717, 1.165) is 17.8 Å². The van der Waals surface area contributed by atoms with Crippen LogP contribution in [-0.4, -0.2) is 27.0 Å². The summed E-state index contributed by atoms with van der Waals surface area (Å²) in [6, 6.07) is 6.98. The van der Waals surface area contributed by atoms with Crippen LogP contribution in [0.1, 0.15) is 48.1 Å². The van der Waals surface area contributed by atoms with Crippen molar-refractivity contribution in [1.82, 2.24) is 20.5 Å². The summed E-state index contributed by atoms with van der Waals surface area (Å²) in [5, 5.41) is 12.3. The summed E-state index contributed by atoms with van der Waals surface area (Å²) in [6.45, 7) is 4.17. The molecule has 2 heterocycles. The highest BCUT2D eigenvalue weighted by molar-refractivity contribution is 6.00. The Hall–Kier alpha value is -2.70. The molecule has 0 aliphatic carbocycles. The number of fused-ring (bicyclic) bond motifs is 1. The SMILES string of the molecule is CC(C)Cc1nc(NC(=O)C[C@@H]2NC(=O)c3ccccc32)n[nH]1. The molecule has 7 heteroatoms. The largest absolute Gasteiger partial charge is 0.345 e. The smallest absolute Gasteiger partial charge is 0.252 e. The van der Waals surface area contributed by atoms with Crippen molar-refractivity contribution in [3.8, 4) is 0 Å². The van der Waals surface area contributed by atoms with Gasteiger partial charge in [-0.05, 0) is 17.5 Å². The fourth-order valence-electron chi connectivity index (χ4n) is 2.67. The molecular formula is C16H19N5O2. The average Bonchev–Trinajstić information content (AvgIpc) is 3.04. The van der Waals surface area contributed by atoms with Crippen LogP contribution in [0.25, 0.3) is 0 Å². The first-order valence-corrected chi connectivity index (χ1v) is 7.64. The van der Waals surface area contributed by atoms with Crippen molar-refractivity contribution in [2.45, 2.75) is 32.7 Å². The minimum atomic E-state index is -0.312. The predicted molar refractivity (Wildman–Crippen MR) is 84.8 cm³/mol. The van der Waals surface area contributed by atoms with Crippen molar-refractivity contribution in [2.24, 2.45) is 5.92 Å². The van der Waals surface area contributed by atoms with Crippen LogP contribution in [0.2, 0.25) is 0 Å². The maximum absolute atomic E-state index is 12.2. The lowest BCUT2D eigenvalue weighted by molar-refractivity contribution is -0.116. The highest BCUT2D eigenvalue weighted by Gasteiger charge is 2.29. The van der Waals surface area contributed by atoms with Gasteiger partial charge in [0.15, 0.2) is 0 Å². The van der Waals surface area contributed by atoms with Gasteiger partial charge in [0.25, 0.3) is 5.91 Å². The molecule has 1 atom stereocenters. The third-order valence-electron chi connectivity index (χ3n) is 3.66. The molecule has 3 rings (SSSR count). The van der Waals surface area contributed by atoms with Gasteiger partial charge in [-0.1, -0.05) is 32.0 Å². The number of hydrogen-bond donors (Lipinski definition) is 3. The zero-order valence-electron chi connectivity index (χ0n) is 13.1. The maximum atomic E-state index is 12.2. The summed E-state index contributed by atoms with van der Waals surface area (Å²) in [4.78, 5) is 28.2. The molecule has 2 amide bonds. The summed E-state index contributed by atoms with van der Waals surface area (Å²) < 4.78 is 0. The van der Waals surface area contributed by atoms with E-state index in [4.69, 9.17) is 0 Å². The van der Waals surface area contributed by atoms with Gasteiger partial charge in [-0.2, -0.15) is 4.98 Å². The Labute approximate surface area is 133 Å². The second-order valence-electron chi connectivity index (χ2n) is 6.07. The molecule has 1 aliphatic rings. The van der Waals surface area contributed by atoms with Crippen LogP contribution < -0.4 is 10.6 Å². The Morgan fingerprint density at radius 1 is 1.35 bits per heavy atom. The number of H-pyrrole nitrogens is 1. The Kier molecular flexibility index (Phi) is 4.10. The standard InChI is InChI=1S/C16H19N5O2/c1-9(2)7-13-18-16(21-20-13)19-14(22)8-12-10-5-3-4-6-11(10)15(23)17-12/h3-6,9,12H,7-8H2,1-2H3,(H,17,23)(H2,18,19,20,21,22)/t12-/m0/s1. The first-order chi connectivity index (χ1) is 11.0. The lowest BCUT2D eigenvalue weighted by atomic mass is 10.0. The molecule has 0 saturated carbocycles. The van der Waals surface area contributed by atoms with Crippen molar-refractivity contribution >= 4 is 17.8 Å². The van der Waals surface area contributed by atoms with Crippen molar-refractivity contribution in [2.75, 3.05) is 5.32 Å². The van der Waals surface area contributed by atoms with Crippen LogP contribution in [0, 0.1) is 5.92 Å². The Morgan fingerprint density at radius 3 is 2.91 bits per heavy atom. The van der Waals surface area contributed by atoms with E-state index >= 15 is 0 Å². The van der Waals surface area contributed by atoms with Crippen molar-refractivity contribution in [1.29, 1.82) is 0 Å². The monoisotopic (exact) mass is 313 g/mol. The fourth-order valence-corrected chi connectivity index (χ4v) is 2.67. The summed E-state index contributed by atoms with van der Waals surface area (Å²) in [5.74, 6) is 1.09. The highest BCUT2D eigenvalue weighted by atomic mass is 16.2. The lowest BCUT2D eigenvalue weighted by Gasteiger charge is -2.10. The van der Waals surface area contributed by atoms with Gasteiger partial charge in [0.05, 0.1) is 12.5 Å². The number of carbonyl (C=O) groups is 2. The molecule has 0 saturated heterocycles. The molecule has 0 fully saturated rings. The molecule has 0 radical (unpaired) electrons. The van der Waals surface area contributed by atoms with Crippen LogP contribution in [0.15, 0.2) is 24.3 Å².